The van der Waals surface area contributed by atoms with Gasteiger partial charge in [0.1, 0.15) is 0 Å². The molecule has 8 heteroatoms. The van der Waals surface area contributed by atoms with Crippen molar-refractivity contribution in [2.75, 3.05) is 0 Å². The highest BCUT2D eigenvalue weighted by Crippen LogP contribution is 2.22. The average molecular weight is 487 g/mol. The highest BCUT2D eigenvalue weighted by molar-refractivity contribution is 5.85. The minimum absolute atomic E-state index is 0.0537. The van der Waals surface area contributed by atoms with Gasteiger partial charge in [-0.2, -0.15) is 0 Å². The van der Waals surface area contributed by atoms with Crippen LogP contribution in [-0.2, 0) is 33.4 Å². The number of hydrogen-bond acceptors (Lipinski definition) is 7. The molecular weight excluding hydrogens is 440 g/mol. The topological polar surface area (TPSA) is 116 Å². The number of carboxylic acid groups (broad SMARTS) is 1. The van der Waals surface area contributed by atoms with E-state index < -0.39 is 29.9 Å². The number of carbonyl (C=O) groups excluding carboxylic acids is 3. The van der Waals surface area contributed by atoms with Crippen LogP contribution in [-0.4, -0.2) is 35.0 Å². The van der Waals surface area contributed by atoms with E-state index in [4.69, 9.17) is 14.2 Å². The van der Waals surface area contributed by atoms with Crippen LogP contribution in [0.5, 0.6) is 0 Å². The van der Waals surface area contributed by atoms with Crippen LogP contribution in [0.15, 0.2) is 0 Å². The quantitative estimate of drug-likeness (QED) is 0.106. The lowest BCUT2D eigenvalue weighted by Gasteiger charge is -2.27. The van der Waals surface area contributed by atoms with E-state index in [9.17, 15) is 24.3 Å². The Hall–Kier alpha value is -2.12. The molecule has 0 rings (SSSR count). The van der Waals surface area contributed by atoms with Crippen molar-refractivity contribution < 1.29 is 38.5 Å². The van der Waals surface area contributed by atoms with E-state index in [1.54, 1.807) is 0 Å². The van der Waals surface area contributed by atoms with E-state index in [2.05, 4.69) is 20.8 Å². The molecule has 0 spiro atoms. The van der Waals surface area contributed by atoms with Gasteiger partial charge >= 0.3 is 29.9 Å². The van der Waals surface area contributed by atoms with Gasteiger partial charge in [0.25, 0.3) is 0 Å². The lowest BCUT2D eigenvalue weighted by Crippen LogP contribution is -2.51. The Morgan fingerprint density at radius 3 is 1.00 bits per heavy atom. The molecule has 0 radical (unpaired) electrons. The largest absolute Gasteiger partial charge is 0.529 e. The van der Waals surface area contributed by atoms with Crippen LogP contribution in [0.1, 0.15) is 136 Å². The van der Waals surface area contributed by atoms with Crippen molar-refractivity contribution in [2.24, 2.45) is 0 Å². The second kappa shape index (κ2) is 20.3. The Kier molecular flexibility index (Phi) is 19.0. The number of esters is 3. The molecule has 0 amide bonds. The van der Waals surface area contributed by atoms with Crippen molar-refractivity contribution in [3.8, 4) is 0 Å². The third-order valence-corrected chi connectivity index (χ3v) is 5.46. The van der Waals surface area contributed by atoms with E-state index in [1.807, 2.05) is 0 Å². The van der Waals surface area contributed by atoms with Crippen molar-refractivity contribution in [3.63, 3.8) is 0 Å². The molecular formula is C26H46O8. The van der Waals surface area contributed by atoms with Gasteiger partial charge in [0.15, 0.2) is 0 Å². The van der Waals surface area contributed by atoms with E-state index in [0.717, 1.165) is 77.0 Å². The van der Waals surface area contributed by atoms with E-state index in [-0.39, 0.29) is 19.3 Å². The van der Waals surface area contributed by atoms with Crippen LogP contribution in [0.3, 0.4) is 0 Å². The molecule has 0 atom stereocenters. The Morgan fingerprint density at radius 2 is 0.765 bits per heavy atom. The number of aliphatic carboxylic acids is 1. The number of hydrogen-bond donors (Lipinski definition) is 1. The lowest BCUT2D eigenvalue weighted by atomic mass is 10.1. The summed E-state index contributed by atoms with van der Waals surface area (Å²) in [4.78, 5) is 49.1. The second-order valence-corrected chi connectivity index (χ2v) is 8.78. The zero-order chi connectivity index (χ0) is 25.7. The Labute approximate surface area is 205 Å². The van der Waals surface area contributed by atoms with Crippen molar-refractivity contribution in [2.45, 2.75) is 142 Å². The Bertz CT molecular complexity index is 518. The minimum Gasteiger partial charge on any atom is -0.472 e. The first-order valence-corrected chi connectivity index (χ1v) is 13.2. The second-order valence-electron chi connectivity index (χ2n) is 8.78. The molecule has 0 aliphatic heterocycles. The predicted molar refractivity (Wildman–Crippen MR) is 129 cm³/mol. The molecule has 198 valence electrons. The highest BCUT2D eigenvalue weighted by Gasteiger charge is 2.52. The third kappa shape index (κ3) is 15.7. The summed E-state index contributed by atoms with van der Waals surface area (Å²) in [6.45, 7) is 6.23. The first-order valence-electron chi connectivity index (χ1n) is 13.2. The normalized spacial score (nSPS) is 11.1. The van der Waals surface area contributed by atoms with Crippen molar-refractivity contribution in [1.29, 1.82) is 0 Å². The molecule has 8 nitrogen and oxygen atoms in total. The molecule has 0 bridgehead atoms. The molecule has 0 aromatic rings. The van der Waals surface area contributed by atoms with Gasteiger partial charge in [-0.1, -0.05) is 97.8 Å². The molecule has 0 saturated heterocycles. The van der Waals surface area contributed by atoms with Gasteiger partial charge in [-0.15, -0.1) is 0 Å². The Morgan fingerprint density at radius 1 is 0.500 bits per heavy atom. The van der Waals surface area contributed by atoms with E-state index in [1.165, 1.54) is 0 Å². The van der Waals surface area contributed by atoms with Gasteiger partial charge in [0, 0.05) is 19.3 Å². The molecule has 0 aliphatic rings. The van der Waals surface area contributed by atoms with Gasteiger partial charge in [0.2, 0.25) is 0 Å². The lowest BCUT2D eigenvalue weighted by molar-refractivity contribution is -0.320. The number of unbranched alkanes of at least 4 members (excludes halogenated alkanes) is 12. The maximum Gasteiger partial charge on any atom is 0.529 e. The fraction of sp³-hybridized carbons (Fsp3) is 0.846. The smallest absolute Gasteiger partial charge is 0.472 e. The first kappa shape index (κ1) is 31.9. The number of ether oxygens (including phenoxy) is 3. The average Bonchev–Trinajstić information content (AvgIpc) is 2.78. The van der Waals surface area contributed by atoms with Crippen LogP contribution >= 0.6 is 0 Å². The molecule has 0 unspecified atom stereocenters. The van der Waals surface area contributed by atoms with Crippen LogP contribution in [0.4, 0.5) is 0 Å². The summed E-state index contributed by atoms with van der Waals surface area (Å²) < 4.78 is 15.0. The van der Waals surface area contributed by atoms with Gasteiger partial charge < -0.3 is 19.3 Å². The zero-order valence-corrected chi connectivity index (χ0v) is 21.5. The van der Waals surface area contributed by atoms with Crippen LogP contribution < -0.4 is 0 Å². The summed E-state index contributed by atoms with van der Waals surface area (Å²) in [5.41, 5.74) is 0. The summed E-state index contributed by atoms with van der Waals surface area (Å²) >= 11 is 0. The Balaban J connectivity index is 5.11. The molecule has 0 saturated carbocycles. The standard InChI is InChI=1S/C26H46O8/c1-4-7-10-13-16-19-22(27)32-26(25(30)31,33-23(28)20-17-14-11-8-5-2)34-24(29)21-18-15-12-9-6-3/h4-21H2,1-3H3,(H,30,31). The fourth-order valence-electron chi connectivity index (χ4n) is 3.41. The van der Waals surface area contributed by atoms with Gasteiger partial charge in [0.05, 0.1) is 0 Å². The van der Waals surface area contributed by atoms with Crippen LogP contribution in [0.25, 0.3) is 0 Å². The minimum atomic E-state index is -3.08. The molecule has 0 aromatic carbocycles. The van der Waals surface area contributed by atoms with Crippen molar-refractivity contribution in [1.82, 2.24) is 0 Å². The highest BCUT2D eigenvalue weighted by atomic mass is 16.9. The molecule has 0 heterocycles. The van der Waals surface area contributed by atoms with Crippen molar-refractivity contribution in [3.05, 3.63) is 0 Å². The van der Waals surface area contributed by atoms with Crippen LogP contribution in [0.2, 0.25) is 0 Å². The van der Waals surface area contributed by atoms with E-state index in [0.29, 0.717) is 19.3 Å². The summed E-state index contributed by atoms with van der Waals surface area (Å²) in [7, 11) is 0. The molecule has 0 fully saturated rings. The summed E-state index contributed by atoms with van der Waals surface area (Å²) in [6.07, 6.45) is 12.9. The van der Waals surface area contributed by atoms with Gasteiger partial charge in [-0.25, -0.2) is 4.79 Å². The monoisotopic (exact) mass is 486 g/mol. The third-order valence-electron chi connectivity index (χ3n) is 5.46. The summed E-state index contributed by atoms with van der Waals surface area (Å²) in [6, 6.07) is 0. The maximum absolute atomic E-state index is 12.4. The van der Waals surface area contributed by atoms with Gasteiger partial charge in [-0.3, -0.25) is 14.4 Å². The SMILES string of the molecule is CCCCCCCC(=O)OC(OC(=O)CCCCCCC)(OC(=O)CCCCCCC)C(=O)O. The predicted octanol–water partition coefficient (Wildman–Crippen LogP) is 6.44. The van der Waals surface area contributed by atoms with Crippen LogP contribution in [0, 0.1) is 0 Å². The number of rotatable bonds is 22. The van der Waals surface area contributed by atoms with Gasteiger partial charge in [-0.05, 0) is 19.3 Å². The summed E-state index contributed by atoms with van der Waals surface area (Å²) in [5.74, 6) is -7.58. The number of carboxylic acids is 1. The van der Waals surface area contributed by atoms with Crippen molar-refractivity contribution >= 4 is 23.9 Å². The fourth-order valence-corrected chi connectivity index (χ4v) is 3.41. The first-order chi connectivity index (χ1) is 16.3. The zero-order valence-electron chi connectivity index (χ0n) is 21.5. The molecule has 34 heavy (non-hydrogen) atoms. The number of carbonyl (C=O) groups is 4. The van der Waals surface area contributed by atoms with E-state index >= 15 is 0 Å². The molecule has 0 aromatic heterocycles. The molecule has 0 aliphatic carbocycles. The molecule has 1 N–H and O–H groups in total. The maximum atomic E-state index is 12.4. The summed E-state index contributed by atoms with van der Waals surface area (Å²) in [5, 5.41) is 9.76.